The summed E-state index contributed by atoms with van der Waals surface area (Å²) in [6.07, 6.45) is 5.31. The van der Waals surface area contributed by atoms with Crippen molar-refractivity contribution in [2.75, 3.05) is 6.54 Å². The highest BCUT2D eigenvalue weighted by Crippen LogP contribution is 2.35. The van der Waals surface area contributed by atoms with E-state index in [4.69, 9.17) is 4.52 Å². The van der Waals surface area contributed by atoms with Crippen molar-refractivity contribution in [1.29, 1.82) is 0 Å². The molecule has 0 amide bonds. The van der Waals surface area contributed by atoms with Gasteiger partial charge < -0.3 is 4.52 Å². The summed E-state index contributed by atoms with van der Waals surface area (Å²) in [7, 11) is 0. The number of rotatable bonds is 6. The van der Waals surface area contributed by atoms with Gasteiger partial charge in [-0.2, -0.15) is 5.10 Å². The van der Waals surface area contributed by atoms with E-state index in [2.05, 4.69) is 71.4 Å². The fourth-order valence-electron chi connectivity index (χ4n) is 3.88. The minimum Gasteiger partial charge on any atom is -0.359 e. The van der Waals surface area contributed by atoms with Crippen molar-refractivity contribution in [3.05, 3.63) is 59.1 Å². The molecule has 1 N–H and O–H groups in total. The molecule has 2 aromatic heterocycles. The van der Waals surface area contributed by atoms with Crippen LogP contribution >= 0.6 is 0 Å². The highest BCUT2D eigenvalue weighted by molar-refractivity contribution is 5.62. The zero-order valence-electron chi connectivity index (χ0n) is 16.4. The molecule has 3 heterocycles. The van der Waals surface area contributed by atoms with Gasteiger partial charge in [0.05, 0.1) is 23.6 Å². The van der Waals surface area contributed by atoms with Crippen LogP contribution in [0.15, 0.2) is 41.1 Å². The average molecular weight is 364 g/mol. The number of aryl methyl sites for hydroxylation is 1. The molecule has 5 nitrogen and oxygen atoms in total. The molecule has 1 aliphatic rings. The number of nitrogens with zero attached hydrogens (tertiary/aromatic N) is 3. The molecule has 4 rings (SSSR count). The summed E-state index contributed by atoms with van der Waals surface area (Å²) in [6.45, 7) is 8.41. The smallest absolute Gasteiger partial charge is 0.154 e. The quantitative estimate of drug-likeness (QED) is 0.662. The molecule has 5 heteroatoms. The SMILES string of the molecule is CCc1ccc(-c2[nH]ncc2CN2CCC[C@@H]2c2cc(C(C)C)no2)cc1. The van der Waals surface area contributed by atoms with Gasteiger partial charge in [0.1, 0.15) is 0 Å². The van der Waals surface area contributed by atoms with E-state index in [0.717, 1.165) is 43.1 Å². The van der Waals surface area contributed by atoms with E-state index in [1.807, 2.05) is 6.20 Å². The Morgan fingerprint density at radius 1 is 1.26 bits per heavy atom. The fourth-order valence-corrected chi connectivity index (χ4v) is 3.88. The minimum absolute atomic E-state index is 0.301. The maximum absolute atomic E-state index is 5.68. The number of nitrogens with one attached hydrogen (secondary N) is 1. The third kappa shape index (κ3) is 3.69. The van der Waals surface area contributed by atoms with Gasteiger partial charge in [0, 0.05) is 18.2 Å². The fraction of sp³-hybridized carbons (Fsp3) is 0.455. The summed E-state index contributed by atoms with van der Waals surface area (Å²) in [4.78, 5) is 2.49. The van der Waals surface area contributed by atoms with Gasteiger partial charge in [-0.25, -0.2) is 0 Å². The molecule has 0 saturated carbocycles. The monoisotopic (exact) mass is 364 g/mol. The van der Waals surface area contributed by atoms with E-state index in [1.54, 1.807) is 0 Å². The molecule has 27 heavy (non-hydrogen) atoms. The van der Waals surface area contributed by atoms with E-state index in [0.29, 0.717) is 12.0 Å². The molecule has 1 saturated heterocycles. The van der Waals surface area contributed by atoms with E-state index in [1.165, 1.54) is 23.1 Å². The Balaban J connectivity index is 1.54. The lowest BCUT2D eigenvalue weighted by atomic mass is 10.0. The second-order valence-corrected chi connectivity index (χ2v) is 7.76. The zero-order chi connectivity index (χ0) is 18.8. The van der Waals surface area contributed by atoms with Gasteiger partial charge in [-0.05, 0) is 42.9 Å². The number of aromatic nitrogens is 3. The van der Waals surface area contributed by atoms with Crippen molar-refractivity contribution in [3.63, 3.8) is 0 Å². The summed E-state index contributed by atoms with van der Waals surface area (Å²) in [5, 5.41) is 11.8. The first-order valence-corrected chi connectivity index (χ1v) is 9.97. The van der Waals surface area contributed by atoms with Crippen molar-refractivity contribution in [1.82, 2.24) is 20.3 Å². The first kappa shape index (κ1) is 18.0. The standard InChI is InChI=1S/C22H28N4O/c1-4-16-7-9-17(10-8-16)22-18(13-23-24-22)14-26-11-5-6-20(26)21-12-19(15(2)3)25-27-21/h7-10,12-13,15,20H,4-6,11,14H2,1-3H3,(H,23,24)/t20-/m1/s1. The normalized spacial score (nSPS) is 17.9. The van der Waals surface area contributed by atoms with Crippen LogP contribution < -0.4 is 0 Å². The third-order valence-corrected chi connectivity index (χ3v) is 5.57. The van der Waals surface area contributed by atoms with Crippen LogP contribution in [0.4, 0.5) is 0 Å². The van der Waals surface area contributed by atoms with Crippen LogP contribution in [0.2, 0.25) is 0 Å². The van der Waals surface area contributed by atoms with Crippen molar-refractivity contribution in [2.45, 2.75) is 58.5 Å². The highest BCUT2D eigenvalue weighted by atomic mass is 16.5. The van der Waals surface area contributed by atoms with Crippen LogP contribution in [-0.4, -0.2) is 26.8 Å². The lowest BCUT2D eigenvalue weighted by molar-refractivity contribution is 0.206. The molecule has 1 fully saturated rings. The van der Waals surface area contributed by atoms with Crippen LogP contribution in [0.3, 0.4) is 0 Å². The van der Waals surface area contributed by atoms with Crippen molar-refractivity contribution >= 4 is 0 Å². The molecular formula is C22H28N4O. The van der Waals surface area contributed by atoms with Crippen LogP contribution in [0.5, 0.6) is 0 Å². The van der Waals surface area contributed by atoms with Gasteiger partial charge >= 0.3 is 0 Å². The van der Waals surface area contributed by atoms with Crippen LogP contribution in [-0.2, 0) is 13.0 Å². The molecule has 142 valence electrons. The molecule has 0 bridgehead atoms. The van der Waals surface area contributed by atoms with Crippen LogP contribution in [0.25, 0.3) is 11.3 Å². The predicted octanol–water partition coefficient (Wildman–Crippen LogP) is 5.09. The second kappa shape index (κ2) is 7.69. The lowest BCUT2D eigenvalue weighted by Gasteiger charge is -2.22. The summed E-state index contributed by atoms with van der Waals surface area (Å²) >= 11 is 0. The maximum Gasteiger partial charge on any atom is 0.154 e. The van der Waals surface area contributed by atoms with Gasteiger partial charge in [-0.15, -0.1) is 0 Å². The van der Waals surface area contributed by atoms with Gasteiger partial charge in [0.15, 0.2) is 5.76 Å². The molecule has 0 aliphatic carbocycles. The predicted molar refractivity (Wildman–Crippen MR) is 106 cm³/mol. The summed E-state index contributed by atoms with van der Waals surface area (Å²) in [5.41, 5.74) is 5.93. The van der Waals surface area contributed by atoms with Crippen LogP contribution in [0.1, 0.15) is 68.2 Å². The number of hydrogen-bond acceptors (Lipinski definition) is 4. The first-order valence-electron chi connectivity index (χ1n) is 9.97. The van der Waals surface area contributed by atoms with Crippen molar-refractivity contribution < 1.29 is 4.52 Å². The molecule has 0 spiro atoms. The third-order valence-electron chi connectivity index (χ3n) is 5.57. The molecule has 1 aliphatic heterocycles. The Bertz CT molecular complexity index is 878. The van der Waals surface area contributed by atoms with Gasteiger partial charge in [0.2, 0.25) is 0 Å². The molecular weight excluding hydrogens is 336 g/mol. The molecule has 3 aromatic rings. The van der Waals surface area contributed by atoms with E-state index in [9.17, 15) is 0 Å². The van der Waals surface area contributed by atoms with Crippen LogP contribution in [0, 0.1) is 0 Å². The zero-order valence-corrected chi connectivity index (χ0v) is 16.4. The molecule has 1 atom stereocenters. The number of aromatic amines is 1. The van der Waals surface area contributed by atoms with E-state index in [-0.39, 0.29) is 0 Å². The van der Waals surface area contributed by atoms with E-state index >= 15 is 0 Å². The van der Waals surface area contributed by atoms with Crippen molar-refractivity contribution in [3.8, 4) is 11.3 Å². The first-order chi connectivity index (χ1) is 13.2. The Morgan fingerprint density at radius 3 is 2.78 bits per heavy atom. The lowest BCUT2D eigenvalue weighted by Crippen LogP contribution is -2.22. The topological polar surface area (TPSA) is 58.0 Å². The molecule has 0 unspecified atom stereocenters. The number of H-pyrrole nitrogens is 1. The summed E-state index contributed by atoms with van der Waals surface area (Å²) < 4.78 is 5.68. The summed E-state index contributed by atoms with van der Waals surface area (Å²) in [5.74, 6) is 1.39. The molecule has 0 radical (unpaired) electrons. The largest absolute Gasteiger partial charge is 0.359 e. The average Bonchev–Trinajstić information content (AvgIpc) is 3.42. The Kier molecular flexibility index (Phi) is 5.12. The maximum atomic E-state index is 5.68. The van der Waals surface area contributed by atoms with Gasteiger partial charge in [-0.1, -0.05) is 50.2 Å². The second-order valence-electron chi connectivity index (χ2n) is 7.76. The summed E-state index contributed by atoms with van der Waals surface area (Å²) in [6, 6.07) is 11.2. The van der Waals surface area contributed by atoms with Gasteiger partial charge in [-0.3, -0.25) is 10.00 Å². The van der Waals surface area contributed by atoms with E-state index < -0.39 is 0 Å². The highest BCUT2D eigenvalue weighted by Gasteiger charge is 2.30. The molecule has 1 aromatic carbocycles. The Morgan fingerprint density at radius 2 is 2.07 bits per heavy atom. The van der Waals surface area contributed by atoms with Gasteiger partial charge in [0.25, 0.3) is 0 Å². The number of benzene rings is 1. The number of likely N-dealkylation sites (tertiary alicyclic amines) is 1. The Labute approximate surface area is 160 Å². The Hall–Kier alpha value is -2.40. The minimum atomic E-state index is 0.301. The van der Waals surface area contributed by atoms with Crippen molar-refractivity contribution in [2.24, 2.45) is 0 Å². The number of hydrogen-bond donors (Lipinski definition) is 1.